The number of hydrogen-bond donors (Lipinski definition) is 3. The second-order valence-electron chi connectivity index (χ2n) is 6.54. The molecule has 0 heterocycles. The van der Waals surface area contributed by atoms with Gasteiger partial charge in [0.1, 0.15) is 5.75 Å². The molecule has 6 heteroatoms. The highest BCUT2D eigenvalue weighted by Gasteiger charge is 2.20. The number of nitrogens with one attached hydrogen (secondary N) is 3. The summed E-state index contributed by atoms with van der Waals surface area (Å²) >= 11 is 0. The largest absolute Gasteiger partial charge is 0.497 e. The van der Waals surface area contributed by atoms with Crippen molar-refractivity contribution in [3.8, 4) is 5.75 Å². The quantitative estimate of drug-likeness (QED) is 0.683. The van der Waals surface area contributed by atoms with Crippen LogP contribution in [0, 0.1) is 0 Å². The van der Waals surface area contributed by atoms with Crippen molar-refractivity contribution in [3.05, 3.63) is 24.3 Å². The highest BCUT2D eigenvalue weighted by Crippen LogP contribution is 2.16. The van der Waals surface area contributed by atoms with Crippen molar-refractivity contribution in [1.82, 2.24) is 5.32 Å². The van der Waals surface area contributed by atoms with E-state index in [0.717, 1.165) is 4.90 Å². The van der Waals surface area contributed by atoms with E-state index in [0.29, 0.717) is 18.0 Å². The van der Waals surface area contributed by atoms with Crippen LogP contribution in [0.1, 0.15) is 27.7 Å². The van der Waals surface area contributed by atoms with E-state index in [1.165, 1.54) is 0 Å². The van der Waals surface area contributed by atoms with Gasteiger partial charge in [-0.05, 0) is 39.8 Å². The second kappa shape index (κ2) is 8.53. The Morgan fingerprint density at radius 3 is 2.39 bits per heavy atom. The normalized spacial score (nSPS) is 12.4. The number of amides is 2. The zero-order valence-corrected chi connectivity index (χ0v) is 14.7. The minimum Gasteiger partial charge on any atom is -0.497 e. The van der Waals surface area contributed by atoms with Crippen LogP contribution in [0.15, 0.2) is 24.3 Å². The van der Waals surface area contributed by atoms with Crippen LogP contribution in [-0.4, -0.2) is 44.1 Å². The van der Waals surface area contributed by atoms with Gasteiger partial charge in [-0.1, -0.05) is 6.07 Å². The molecular formula is C17H28N3O3+. The number of rotatable bonds is 7. The number of methoxy groups -OCH3 is 1. The van der Waals surface area contributed by atoms with Crippen molar-refractivity contribution in [2.75, 3.05) is 32.1 Å². The van der Waals surface area contributed by atoms with Gasteiger partial charge in [0.05, 0.1) is 13.7 Å². The molecule has 1 atom stereocenters. The van der Waals surface area contributed by atoms with Crippen LogP contribution < -0.4 is 20.3 Å². The lowest BCUT2D eigenvalue weighted by molar-refractivity contribution is -0.881. The summed E-state index contributed by atoms with van der Waals surface area (Å²) in [5.41, 5.74) is 0.419. The number of ether oxygens (including phenoxy) is 1. The van der Waals surface area contributed by atoms with E-state index >= 15 is 0 Å². The molecule has 0 aliphatic carbocycles. The number of anilines is 1. The first-order valence-electron chi connectivity index (χ1n) is 7.82. The lowest BCUT2D eigenvalue weighted by atomic mass is 10.1. The van der Waals surface area contributed by atoms with Gasteiger partial charge in [0, 0.05) is 17.3 Å². The van der Waals surface area contributed by atoms with Gasteiger partial charge in [-0.15, -0.1) is 0 Å². The van der Waals surface area contributed by atoms with Gasteiger partial charge in [0.25, 0.3) is 11.8 Å². The summed E-state index contributed by atoms with van der Waals surface area (Å²) in [6, 6.07) is 7.19. The second-order valence-corrected chi connectivity index (χ2v) is 6.54. The fraction of sp³-hybridized carbons (Fsp3) is 0.529. The molecule has 0 spiro atoms. The Kier molecular flexibility index (Phi) is 7.03. The van der Waals surface area contributed by atoms with Crippen LogP contribution in [0.5, 0.6) is 5.75 Å². The van der Waals surface area contributed by atoms with Gasteiger partial charge in [0.2, 0.25) is 0 Å². The van der Waals surface area contributed by atoms with E-state index in [2.05, 4.69) is 10.6 Å². The third kappa shape index (κ3) is 7.65. The van der Waals surface area contributed by atoms with Crippen LogP contribution in [0.4, 0.5) is 5.69 Å². The SMILES string of the molecule is CC[NH+](CC(=O)Nc1cccc(OC)c1)CC(=O)NC(C)(C)C. The number of likely N-dealkylation sites (N-methyl/N-ethyl adjacent to an activating group) is 1. The Balaban J connectivity index is 2.54. The van der Waals surface area contributed by atoms with Crippen molar-refractivity contribution in [3.63, 3.8) is 0 Å². The summed E-state index contributed by atoms with van der Waals surface area (Å²) < 4.78 is 5.13. The zero-order chi connectivity index (χ0) is 17.5. The summed E-state index contributed by atoms with van der Waals surface area (Å²) in [6.07, 6.45) is 0. The Hall–Kier alpha value is -2.08. The maximum atomic E-state index is 12.1. The number of hydrogen-bond acceptors (Lipinski definition) is 3. The van der Waals surface area contributed by atoms with Gasteiger partial charge in [-0.2, -0.15) is 0 Å². The zero-order valence-electron chi connectivity index (χ0n) is 14.7. The fourth-order valence-electron chi connectivity index (χ4n) is 2.14. The number of carbonyl (C=O) groups excluding carboxylic acids is 2. The first-order valence-corrected chi connectivity index (χ1v) is 7.82. The lowest BCUT2D eigenvalue weighted by Crippen LogP contribution is -3.14. The van der Waals surface area contributed by atoms with E-state index in [1.54, 1.807) is 19.2 Å². The van der Waals surface area contributed by atoms with Gasteiger partial charge in [0.15, 0.2) is 13.1 Å². The summed E-state index contributed by atoms with van der Waals surface area (Å²) in [5, 5.41) is 5.75. The van der Waals surface area contributed by atoms with Crippen LogP contribution in [0.2, 0.25) is 0 Å². The van der Waals surface area contributed by atoms with Gasteiger partial charge < -0.3 is 20.3 Å². The first kappa shape index (κ1) is 19.0. The number of carbonyl (C=O) groups is 2. The average molecular weight is 322 g/mol. The van der Waals surface area contributed by atoms with E-state index in [4.69, 9.17) is 4.74 Å². The molecule has 1 rings (SSSR count). The molecule has 6 nitrogen and oxygen atoms in total. The van der Waals surface area contributed by atoms with Crippen molar-refractivity contribution < 1.29 is 19.2 Å². The molecule has 0 aromatic heterocycles. The average Bonchev–Trinajstić information content (AvgIpc) is 2.44. The molecule has 23 heavy (non-hydrogen) atoms. The minimum atomic E-state index is -0.265. The molecule has 0 aliphatic heterocycles. The number of benzene rings is 1. The minimum absolute atomic E-state index is 0.0523. The lowest BCUT2D eigenvalue weighted by Gasteiger charge is -2.23. The fourth-order valence-corrected chi connectivity index (χ4v) is 2.14. The molecule has 0 aliphatic rings. The molecule has 0 bridgehead atoms. The Bertz CT molecular complexity index is 538. The molecule has 1 aromatic rings. The van der Waals surface area contributed by atoms with Crippen molar-refractivity contribution >= 4 is 17.5 Å². The molecule has 2 amide bonds. The highest BCUT2D eigenvalue weighted by molar-refractivity contribution is 5.91. The van der Waals surface area contributed by atoms with E-state index in [9.17, 15) is 9.59 Å². The summed E-state index contributed by atoms with van der Waals surface area (Å²) in [6.45, 7) is 8.98. The molecule has 0 saturated carbocycles. The topological polar surface area (TPSA) is 71.9 Å². The summed E-state index contributed by atoms with van der Waals surface area (Å²) in [7, 11) is 1.58. The van der Waals surface area contributed by atoms with Crippen LogP contribution >= 0.6 is 0 Å². The molecule has 128 valence electrons. The Morgan fingerprint density at radius 1 is 1.17 bits per heavy atom. The predicted octanol–water partition coefficient (Wildman–Crippen LogP) is 0.453. The summed E-state index contributed by atoms with van der Waals surface area (Å²) in [5.74, 6) is 0.509. The maximum absolute atomic E-state index is 12.1. The van der Waals surface area contributed by atoms with Gasteiger partial charge in [-0.25, -0.2) is 0 Å². The molecule has 1 aromatic carbocycles. The molecule has 0 fully saturated rings. The summed E-state index contributed by atoms with van der Waals surface area (Å²) in [4.78, 5) is 25.0. The highest BCUT2D eigenvalue weighted by atomic mass is 16.5. The first-order chi connectivity index (χ1) is 10.7. The third-order valence-electron chi connectivity index (χ3n) is 3.19. The predicted molar refractivity (Wildman–Crippen MR) is 90.8 cm³/mol. The Morgan fingerprint density at radius 2 is 1.83 bits per heavy atom. The van der Waals surface area contributed by atoms with Crippen LogP contribution in [-0.2, 0) is 9.59 Å². The molecule has 3 N–H and O–H groups in total. The maximum Gasteiger partial charge on any atom is 0.279 e. The third-order valence-corrected chi connectivity index (χ3v) is 3.19. The molecule has 0 saturated heterocycles. The molecular weight excluding hydrogens is 294 g/mol. The van der Waals surface area contributed by atoms with Gasteiger partial charge >= 0.3 is 0 Å². The van der Waals surface area contributed by atoms with Crippen molar-refractivity contribution in [1.29, 1.82) is 0 Å². The van der Waals surface area contributed by atoms with Gasteiger partial charge in [-0.3, -0.25) is 9.59 Å². The molecule has 1 unspecified atom stereocenters. The Labute approximate surface area is 138 Å². The van der Waals surface area contributed by atoms with Crippen molar-refractivity contribution in [2.24, 2.45) is 0 Å². The van der Waals surface area contributed by atoms with E-state index in [1.807, 2.05) is 39.8 Å². The van der Waals surface area contributed by atoms with E-state index in [-0.39, 0.29) is 30.4 Å². The van der Waals surface area contributed by atoms with Crippen molar-refractivity contribution in [2.45, 2.75) is 33.2 Å². The standard InChI is InChI=1S/C17H27N3O3/c1-6-20(12-16(22)19-17(2,3)4)11-15(21)18-13-8-7-9-14(10-13)23-5/h7-10H,6,11-12H2,1-5H3,(H,18,21)(H,19,22)/p+1. The van der Waals surface area contributed by atoms with Crippen LogP contribution in [0.25, 0.3) is 0 Å². The van der Waals surface area contributed by atoms with Crippen LogP contribution in [0.3, 0.4) is 0 Å². The molecule has 0 radical (unpaired) electrons. The smallest absolute Gasteiger partial charge is 0.279 e. The van der Waals surface area contributed by atoms with E-state index < -0.39 is 0 Å². The monoisotopic (exact) mass is 322 g/mol. The number of quaternary nitrogens is 1.